The van der Waals surface area contributed by atoms with Gasteiger partial charge in [0.2, 0.25) is 5.78 Å². The van der Waals surface area contributed by atoms with E-state index in [0.29, 0.717) is 17.0 Å². The lowest BCUT2D eigenvalue weighted by Gasteiger charge is -2.59. The number of primary amides is 1. The zero-order valence-electron chi connectivity index (χ0n) is 24.1. The molecule has 1 fully saturated rings. The predicted molar refractivity (Wildman–Crippen MR) is 155 cm³/mol. The van der Waals surface area contributed by atoms with Gasteiger partial charge in [0.15, 0.2) is 17.1 Å². The third kappa shape index (κ3) is 4.04. The Balaban J connectivity index is 2.06. The Morgan fingerprint density at radius 3 is 2.27 bits per heavy atom. The molecule has 0 aromatic heterocycles. The summed E-state index contributed by atoms with van der Waals surface area (Å²) in [5.74, 6) is -5.04. The van der Waals surface area contributed by atoms with Crippen molar-refractivity contribution in [3.63, 3.8) is 0 Å². The number of ketones is 2. The van der Waals surface area contributed by atoms with E-state index in [1.54, 1.807) is 53.0 Å². The Labute approximate surface area is 241 Å². The molecule has 3 aliphatic rings. The summed E-state index contributed by atoms with van der Waals surface area (Å²) < 4.78 is 0. The Kier molecular flexibility index (Phi) is 7.25. The Morgan fingerprint density at radius 2 is 1.76 bits per heavy atom. The SMILES string of the molecule is CCSC(=O)Nc1cc(N(C)C)c2c(c1O)C(O)=C1C(=O)[C@]3(O)C(O)=C(C(N)=O)C(=O)[C@@H](N(C)C)[C@]3(C)C[C@]1(C)C2. The molecule has 4 rings (SSSR count). The van der Waals surface area contributed by atoms with Gasteiger partial charge in [-0.25, -0.2) is 0 Å². The fourth-order valence-corrected chi connectivity index (χ4v) is 7.59. The second-order valence-corrected chi connectivity index (χ2v) is 13.0. The number of carbonyl (C=O) groups excluding carboxylic acids is 4. The fraction of sp³-hybridized carbons (Fsp3) is 0.500. The van der Waals surface area contributed by atoms with Crippen LogP contribution in [0.2, 0.25) is 0 Å². The van der Waals surface area contributed by atoms with Gasteiger partial charge in [-0.05, 0) is 44.3 Å². The highest BCUT2D eigenvalue weighted by atomic mass is 32.2. The lowest BCUT2D eigenvalue weighted by Crippen LogP contribution is -2.72. The molecule has 13 heteroatoms. The second-order valence-electron chi connectivity index (χ2n) is 11.8. The summed E-state index contributed by atoms with van der Waals surface area (Å²) in [5.41, 5.74) is -0.436. The van der Waals surface area contributed by atoms with Gasteiger partial charge in [0.05, 0.1) is 17.3 Å². The van der Waals surface area contributed by atoms with E-state index < -0.39 is 68.0 Å². The number of anilines is 2. The number of Topliss-reactive ketones (excluding diaryl/α,β-unsaturated/α-hetero) is 2. The first-order valence-corrected chi connectivity index (χ1v) is 14.0. The molecule has 3 aliphatic carbocycles. The number of hydrogen-bond donors (Lipinski definition) is 6. The Hall–Kier alpha value is -3.55. The number of carbonyl (C=O) groups is 4. The second kappa shape index (κ2) is 9.78. The van der Waals surface area contributed by atoms with Gasteiger partial charge >= 0.3 is 0 Å². The molecule has 1 saturated carbocycles. The van der Waals surface area contributed by atoms with Crippen LogP contribution in [0.1, 0.15) is 38.3 Å². The molecule has 7 N–H and O–H groups in total. The van der Waals surface area contributed by atoms with Crippen molar-refractivity contribution in [1.29, 1.82) is 0 Å². The summed E-state index contributed by atoms with van der Waals surface area (Å²) in [6.07, 6.45) is 0.0185. The van der Waals surface area contributed by atoms with Crippen LogP contribution in [0.5, 0.6) is 5.75 Å². The summed E-state index contributed by atoms with van der Waals surface area (Å²) in [6.45, 7) is 4.99. The molecule has 1 aromatic rings. The van der Waals surface area contributed by atoms with Crippen molar-refractivity contribution in [2.24, 2.45) is 16.6 Å². The van der Waals surface area contributed by atoms with Crippen molar-refractivity contribution >= 4 is 51.6 Å². The molecule has 222 valence electrons. The average molecular weight is 589 g/mol. The molecule has 0 saturated heterocycles. The summed E-state index contributed by atoms with van der Waals surface area (Å²) in [7, 11) is 6.60. The number of phenols is 1. The standard InChI is InChI=1S/C28H36N4O8S/c1-8-41-25(39)30-13-9-14(31(4)5)12-10-26(2)11-27(3)21(32(6)7)20(35)16(24(29)38)22(36)28(27,40)23(37)17(26)19(34)15(12)18(13)33/h9,21,33-34,36,40H,8,10-11H2,1-7H3,(H2,29,38)(H,30,39)/t21-,26+,27+,28-/m1/s1. The number of rotatable bonds is 5. The highest BCUT2D eigenvalue weighted by molar-refractivity contribution is 8.13. The van der Waals surface area contributed by atoms with Crippen LogP contribution in [0.15, 0.2) is 23.0 Å². The number of nitrogens with two attached hydrogens (primary N) is 1. The molecule has 0 spiro atoms. The van der Waals surface area contributed by atoms with Gasteiger partial charge in [-0.2, -0.15) is 0 Å². The lowest BCUT2D eigenvalue weighted by molar-refractivity contribution is -0.175. The summed E-state index contributed by atoms with van der Waals surface area (Å²) in [6, 6.07) is 0.347. The van der Waals surface area contributed by atoms with Gasteiger partial charge in [-0.3, -0.25) is 24.1 Å². The number of phenolic OH excluding ortho intramolecular Hbond substituents is 1. The van der Waals surface area contributed by atoms with Crippen LogP contribution < -0.4 is 16.0 Å². The van der Waals surface area contributed by atoms with E-state index in [-0.39, 0.29) is 29.7 Å². The monoisotopic (exact) mass is 588 g/mol. The topological polar surface area (TPSA) is 194 Å². The first kappa shape index (κ1) is 30.4. The molecule has 41 heavy (non-hydrogen) atoms. The third-order valence-corrected chi connectivity index (χ3v) is 9.26. The van der Waals surface area contributed by atoms with E-state index in [1.165, 1.54) is 11.8 Å². The summed E-state index contributed by atoms with van der Waals surface area (Å²) >= 11 is 0.983. The van der Waals surface area contributed by atoms with Crippen molar-refractivity contribution in [3.05, 3.63) is 34.1 Å². The minimum atomic E-state index is -2.80. The highest BCUT2D eigenvalue weighted by Gasteiger charge is 2.72. The number of fused-ring (bicyclic) bond motifs is 3. The van der Waals surface area contributed by atoms with E-state index in [1.807, 2.05) is 0 Å². The lowest BCUT2D eigenvalue weighted by atomic mass is 9.46. The number of hydrogen-bond acceptors (Lipinski definition) is 11. The Morgan fingerprint density at radius 1 is 1.15 bits per heavy atom. The van der Waals surface area contributed by atoms with Gasteiger partial charge in [-0.15, -0.1) is 0 Å². The molecule has 1 aromatic carbocycles. The minimum Gasteiger partial charge on any atom is -0.508 e. The van der Waals surface area contributed by atoms with Gasteiger partial charge in [-0.1, -0.05) is 32.5 Å². The van der Waals surface area contributed by atoms with E-state index in [9.17, 15) is 39.6 Å². The van der Waals surface area contributed by atoms with E-state index in [2.05, 4.69) is 5.32 Å². The molecule has 0 radical (unpaired) electrons. The van der Waals surface area contributed by atoms with Crippen molar-refractivity contribution < 1.29 is 39.6 Å². The van der Waals surface area contributed by atoms with Crippen molar-refractivity contribution in [1.82, 2.24) is 4.90 Å². The number of aromatic hydroxyl groups is 1. The molecule has 0 bridgehead atoms. The normalized spacial score (nSPS) is 29.2. The molecule has 0 aliphatic heterocycles. The molecule has 2 amide bonds. The molecule has 4 atom stereocenters. The van der Waals surface area contributed by atoms with Gasteiger partial charge in [0.1, 0.15) is 17.1 Å². The van der Waals surface area contributed by atoms with Crippen LogP contribution in [0.25, 0.3) is 5.76 Å². The number of nitrogens with one attached hydrogen (secondary N) is 1. The predicted octanol–water partition coefficient (Wildman–Crippen LogP) is 2.10. The number of benzene rings is 1. The van der Waals surface area contributed by atoms with E-state index in [0.717, 1.165) is 11.8 Å². The van der Waals surface area contributed by atoms with Crippen LogP contribution >= 0.6 is 11.8 Å². The number of amides is 2. The van der Waals surface area contributed by atoms with Crippen LogP contribution in [-0.2, 0) is 20.8 Å². The van der Waals surface area contributed by atoms with E-state index in [4.69, 9.17) is 5.73 Å². The number of nitrogens with zero attached hydrogens (tertiary/aromatic N) is 2. The number of aliphatic hydroxyl groups excluding tert-OH is 2. The van der Waals surface area contributed by atoms with Crippen LogP contribution in [0, 0.1) is 10.8 Å². The van der Waals surface area contributed by atoms with Crippen molar-refractivity contribution in [2.75, 3.05) is 44.2 Å². The van der Waals surface area contributed by atoms with Crippen molar-refractivity contribution in [2.45, 2.75) is 45.3 Å². The first-order valence-electron chi connectivity index (χ1n) is 13.0. The molecular weight excluding hydrogens is 552 g/mol. The Bertz CT molecular complexity index is 1470. The fourth-order valence-electron chi connectivity index (χ4n) is 7.14. The zero-order chi connectivity index (χ0) is 31.0. The number of likely N-dealkylation sites (N-methyl/N-ethyl adjacent to an activating group) is 1. The van der Waals surface area contributed by atoms with Gasteiger partial charge < -0.3 is 36.4 Å². The summed E-state index contributed by atoms with van der Waals surface area (Å²) in [5, 5.41) is 48.4. The maximum absolute atomic E-state index is 14.4. The quantitative estimate of drug-likeness (QED) is 0.218. The van der Waals surface area contributed by atoms with Crippen molar-refractivity contribution in [3.8, 4) is 5.75 Å². The molecule has 0 unspecified atom stereocenters. The maximum atomic E-state index is 14.4. The van der Waals surface area contributed by atoms with Gasteiger partial charge in [0.25, 0.3) is 11.1 Å². The average Bonchev–Trinajstić information content (AvgIpc) is 2.82. The zero-order valence-corrected chi connectivity index (χ0v) is 24.9. The third-order valence-electron chi connectivity index (χ3n) is 8.60. The minimum absolute atomic E-state index is 0.00986. The van der Waals surface area contributed by atoms with Gasteiger partial charge in [0, 0.05) is 36.2 Å². The summed E-state index contributed by atoms with van der Waals surface area (Å²) in [4.78, 5) is 55.7. The molecule has 0 heterocycles. The maximum Gasteiger partial charge on any atom is 0.283 e. The van der Waals surface area contributed by atoms with Crippen LogP contribution in [0.3, 0.4) is 0 Å². The van der Waals surface area contributed by atoms with Crippen LogP contribution in [0.4, 0.5) is 16.2 Å². The van der Waals surface area contributed by atoms with E-state index >= 15 is 0 Å². The first-order chi connectivity index (χ1) is 18.9. The number of aliphatic hydroxyl groups is 3. The molecular formula is C28H36N4O8S. The van der Waals surface area contributed by atoms with Crippen LogP contribution in [-0.4, -0.2) is 93.6 Å². The smallest absolute Gasteiger partial charge is 0.283 e. The highest BCUT2D eigenvalue weighted by Crippen LogP contribution is 2.63. The molecule has 12 nitrogen and oxygen atoms in total. The number of thioether (sulfide) groups is 1. The largest absolute Gasteiger partial charge is 0.508 e.